The van der Waals surface area contributed by atoms with Crippen LogP contribution < -0.4 is 0 Å². The first kappa shape index (κ1) is 8.39. The monoisotopic (exact) mass is 201 g/mol. The average molecular weight is 202 g/mol. The molecule has 0 N–H and O–H groups in total. The quantitative estimate of drug-likeness (QED) is 0.671. The van der Waals surface area contributed by atoms with Crippen LogP contribution in [0.15, 0.2) is 18.2 Å². The van der Waals surface area contributed by atoms with Crippen LogP contribution >= 0.6 is 23.4 Å². The van der Waals surface area contributed by atoms with Crippen molar-refractivity contribution >= 4 is 23.4 Å². The molecule has 0 bridgehead atoms. The van der Waals surface area contributed by atoms with Gasteiger partial charge < -0.3 is 0 Å². The summed E-state index contributed by atoms with van der Waals surface area (Å²) >= 11 is 7.48. The van der Waals surface area contributed by atoms with Gasteiger partial charge in [0, 0.05) is 5.25 Å². The molecule has 0 nitrogen and oxygen atoms in total. The fourth-order valence-electron chi connectivity index (χ4n) is 1.11. The number of thioether (sulfide) groups is 1. The van der Waals surface area contributed by atoms with Crippen LogP contribution in [-0.2, 0) is 0 Å². The Morgan fingerprint density at radius 2 is 2.25 bits per heavy atom. The summed E-state index contributed by atoms with van der Waals surface area (Å²) in [6, 6.07) is 4.91. The van der Waals surface area contributed by atoms with Crippen LogP contribution in [0, 0.1) is 12.2 Å². The highest BCUT2D eigenvalue weighted by atomic mass is 35.5. The molecule has 1 aliphatic heterocycles. The lowest BCUT2D eigenvalue weighted by atomic mass is 10.1. The second-order valence-electron chi connectivity index (χ2n) is 2.66. The van der Waals surface area contributed by atoms with Crippen LogP contribution in [0.25, 0.3) is 0 Å². The van der Waals surface area contributed by atoms with E-state index in [0.717, 1.165) is 11.3 Å². The summed E-state index contributed by atoms with van der Waals surface area (Å²) < 4.78 is 12.7. The third kappa shape index (κ3) is 1.46. The molecule has 1 saturated heterocycles. The molecule has 63 valence electrons. The van der Waals surface area contributed by atoms with E-state index < -0.39 is 0 Å². The van der Waals surface area contributed by atoms with E-state index in [9.17, 15) is 4.39 Å². The summed E-state index contributed by atoms with van der Waals surface area (Å²) in [5.41, 5.74) is 1.10. The molecule has 2 rings (SSSR count). The standard InChI is InChI=1S/C9H7ClFS/c10-7-5-6(1-2-8(7)11)9-3-4-12-9/h1-3,5,9H,4H2. The molecule has 12 heavy (non-hydrogen) atoms. The van der Waals surface area contributed by atoms with E-state index in [2.05, 4.69) is 6.42 Å². The summed E-state index contributed by atoms with van der Waals surface area (Å²) in [5, 5.41) is 0.636. The van der Waals surface area contributed by atoms with Crippen LogP contribution in [0.2, 0.25) is 5.02 Å². The number of hydrogen-bond acceptors (Lipinski definition) is 1. The lowest BCUT2D eigenvalue weighted by Crippen LogP contribution is -2.07. The molecule has 1 heterocycles. The molecule has 1 atom stereocenters. The first-order valence-electron chi connectivity index (χ1n) is 3.67. The van der Waals surface area contributed by atoms with Gasteiger partial charge >= 0.3 is 0 Å². The molecule has 1 aliphatic rings. The molecule has 1 radical (unpaired) electrons. The van der Waals surface area contributed by atoms with Gasteiger partial charge in [-0.3, -0.25) is 0 Å². The third-order valence-corrected chi connectivity index (χ3v) is 3.36. The maximum atomic E-state index is 12.7. The smallest absolute Gasteiger partial charge is 0.141 e. The van der Waals surface area contributed by atoms with Gasteiger partial charge in [-0.1, -0.05) is 17.7 Å². The largest absolute Gasteiger partial charge is 0.205 e. The molecule has 1 aromatic carbocycles. The minimum absolute atomic E-state index is 0.216. The van der Waals surface area contributed by atoms with Gasteiger partial charge in [0.25, 0.3) is 0 Å². The predicted molar refractivity (Wildman–Crippen MR) is 50.9 cm³/mol. The molecule has 0 aliphatic carbocycles. The van der Waals surface area contributed by atoms with Crippen molar-refractivity contribution in [3.05, 3.63) is 41.0 Å². The van der Waals surface area contributed by atoms with E-state index in [4.69, 9.17) is 11.6 Å². The Labute approximate surface area is 80.1 Å². The lowest BCUT2D eigenvalue weighted by Gasteiger charge is -2.24. The van der Waals surface area contributed by atoms with Crippen molar-refractivity contribution in [3.8, 4) is 0 Å². The van der Waals surface area contributed by atoms with Gasteiger partial charge in [0.15, 0.2) is 0 Å². The maximum absolute atomic E-state index is 12.7. The SMILES string of the molecule is Fc1ccc(C2[CH]CS2)cc1Cl. The van der Waals surface area contributed by atoms with E-state index in [1.807, 2.05) is 11.8 Å². The molecule has 1 unspecified atom stereocenters. The number of rotatable bonds is 1. The second-order valence-corrected chi connectivity index (χ2v) is 4.24. The summed E-state index contributed by atoms with van der Waals surface area (Å²) in [6.07, 6.45) is 2.19. The van der Waals surface area contributed by atoms with E-state index in [1.54, 1.807) is 12.1 Å². The van der Waals surface area contributed by atoms with Gasteiger partial charge in [-0.2, -0.15) is 11.8 Å². The van der Waals surface area contributed by atoms with Crippen molar-refractivity contribution in [1.29, 1.82) is 0 Å². The van der Waals surface area contributed by atoms with E-state index in [-0.39, 0.29) is 10.8 Å². The Kier molecular flexibility index (Phi) is 2.28. The Morgan fingerprint density at radius 3 is 2.75 bits per heavy atom. The van der Waals surface area contributed by atoms with Gasteiger partial charge in [-0.05, 0) is 29.9 Å². The van der Waals surface area contributed by atoms with Crippen LogP contribution in [0.5, 0.6) is 0 Å². The van der Waals surface area contributed by atoms with Crippen molar-refractivity contribution in [3.63, 3.8) is 0 Å². The Morgan fingerprint density at radius 1 is 1.50 bits per heavy atom. The van der Waals surface area contributed by atoms with E-state index >= 15 is 0 Å². The number of hydrogen-bond donors (Lipinski definition) is 0. The second kappa shape index (κ2) is 3.27. The number of benzene rings is 1. The highest BCUT2D eigenvalue weighted by molar-refractivity contribution is 8.01. The summed E-state index contributed by atoms with van der Waals surface area (Å²) in [5.74, 6) is 0.740. The molecule has 0 amide bonds. The van der Waals surface area contributed by atoms with Gasteiger partial charge in [0.05, 0.1) is 5.02 Å². The fraction of sp³-hybridized carbons (Fsp3) is 0.222. The van der Waals surface area contributed by atoms with Crippen molar-refractivity contribution in [2.75, 3.05) is 5.75 Å². The average Bonchev–Trinajstić information content (AvgIpc) is 1.93. The zero-order valence-corrected chi connectivity index (χ0v) is 7.83. The Balaban J connectivity index is 2.27. The molecule has 0 aromatic heterocycles. The first-order chi connectivity index (χ1) is 5.77. The topological polar surface area (TPSA) is 0 Å². The molecular weight excluding hydrogens is 195 g/mol. The molecule has 0 saturated carbocycles. The van der Waals surface area contributed by atoms with E-state index in [0.29, 0.717) is 5.25 Å². The maximum Gasteiger partial charge on any atom is 0.141 e. The van der Waals surface area contributed by atoms with Crippen LogP contribution in [0.1, 0.15) is 10.8 Å². The number of halogens is 2. The van der Waals surface area contributed by atoms with Crippen molar-refractivity contribution < 1.29 is 4.39 Å². The van der Waals surface area contributed by atoms with Gasteiger partial charge in [-0.15, -0.1) is 0 Å². The van der Waals surface area contributed by atoms with Crippen molar-refractivity contribution in [2.24, 2.45) is 0 Å². The molecule has 1 aromatic rings. The van der Waals surface area contributed by atoms with Crippen LogP contribution in [-0.4, -0.2) is 5.75 Å². The Hall–Kier alpha value is -0.210. The normalized spacial score (nSPS) is 22.0. The molecule has 0 spiro atoms. The first-order valence-corrected chi connectivity index (χ1v) is 5.10. The summed E-state index contributed by atoms with van der Waals surface area (Å²) in [6.45, 7) is 0. The zero-order valence-electron chi connectivity index (χ0n) is 6.26. The van der Waals surface area contributed by atoms with Crippen molar-refractivity contribution in [1.82, 2.24) is 0 Å². The highest BCUT2D eigenvalue weighted by Gasteiger charge is 2.20. The summed E-state index contributed by atoms with van der Waals surface area (Å²) in [7, 11) is 0. The van der Waals surface area contributed by atoms with Crippen LogP contribution in [0.3, 0.4) is 0 Å². The van der Waals surface area contributed by atoms with Gasteiger partial charge in [0.1, 0.15) is 5.82 Å². The molecular formula is C9H7ClFS. The molecule has 1 fully saturated rings. The van der Waals surface area contributed by atoms with E-state index in [1.165, 1.54) is 6.07 Å². The summed E-state index contributed by atoms with van der Waals surface area (Å²) in [4.78, 5) is 0. The predicted octanol–water partition coefficient (Wildman–Crippen LogP) is 3.47. The van der Waals surface area contributed by atoms with Gasteiger partial charge in [0.2, 0.25) is 0 Å². The van der Waals surface area contributed by atoms with Crippen LogP contribution in [0.4, 0.5) is 4.39 Å². The van der Waals surface area contributed by atoms with Gasteiger partial charge in [-0.25, -0.2) is 4.39 Å². The van der Waals surface area contributed by atoms with Crippen molar-refractivity contribution in [2.45, 2.75) is 5.25 Å². The Bertz CT molecular complexity index is 297. The molecule has 3 heteroatoms. The minimum Gasteiger partial charge on any atom is -0.205 e. The fourth-order valence-corrected chi connectivity index (χ4v) is 2.03. The zero-order chi connectivity index (χ0) is 8.55. The highest BCUT2D eigenvalue weighted by Crippen LogP contribution is 2.41. The minimum atomic E-state index is -0.343. The lowest BCUT2D eigenvalue weighted by molar-refractivity contribution is 0.627. The third-order valence-electron chi connectivity index (χ3n) is 1.86.